The fourth-order valence-electron chi connectivity index (χ4n) is 2.42. The van der Waals surface area contributed by atoms with Crippen molar-refractivity contribution in [1.29, 1.82) is 0 Å². The molecule has 2 aromatic carbocycles. The number of para-hydroxylation sites is 1. The van der Waals surface area contributed by atoms with Crippen molar-refractivity contribution in [1.82, 2.24) is 0 Å². The molecular weight excluding hydrogens is 334 g/mol. The van der Waals surface area contributed by atoms with Gasteiger partial charge in [-0.1, -0.05) is 28.1 Å². The lowest BCUT2D eigenvalue weighted by Crippen LogP contribution is -2.24. The molecule has 0 radical (unpaired) electrons. The first-order valence-corrected chi connectivity index (χ1v) is 8.60. The lowest BCUT2D eigenvalue weighted by molar-refractivity contribution is 0.246. The van der Waals surface area contributed by atoms with Crippen LogP contribution in [-0.2, 0) is 6.42 Å². The molecule has 0 spiro atoms. The molecule has 1 aliphatic rings. The van der Waals surface area contributed by atoms with Gasteiger partial charge >= 0.3 is 0 Å². The summed E-state index contributed by atoms with van der Waals surface area (Å²) in [6.45, 7) is 0.823. The summed E-state index contributed by atoms with van der Waals surface area (Å²) < 4.78 is 7.08. The number of hydrogen-bond acceptors (Lipinski definition) is 3. The van der Waals surface area contributed by atoms with Crippen LogP contribution < -0.4 is 10.1 Å². The van der Waals surface area contributed by atoms with Crippen LogP contribution in [0.1, 0.15) is 5.56 Å². The first-order chi connectivity index (χ1) is 9.76. The van der Waals surface area contributed by atoms with Crippen LogP contribution in [0.5, 0.6) is 5.75 Å². The summed E-state index contributed by atoms with van der Waals surface area (Å²) in [4.78, 5) is 1.27. The average molecular weight is 350 g/mol. The van der Waals surface area contributed by atoms with E-state index in [1.165, 1.54) is 16.1 Å². The Morgan fingerprint density at radius 3 is 3.00 bits per heavy atom. The van der Waals surface area contributed by atoms with Crippen LogP contribution in [-0.4, -0.2) is 18.9 Å². The van der Waals surface area contributed by atoms with Crippen molar-refractivity contribution in [3.05, 3.63) is 52.5 Å². The number of rotatable bonds is 4. The number of ether oxygens (including phenoxy) is 1. The summed E-state index contributed by atoms with van der Waals surface area (Å²) in [6, 6.07) is 14.6. The van der Waals surface area contributed by atoms with E-state index >= 15 is 0 Å². The van der Waals surface area contributed by atoms with Gasteiger partial charge < -0.3 is 10.1 Å². The highest BCUT2D eigenvalue weighted by atomic mass is 79.9. The van der Waals surface area contributed by atoms with E-state index < -0.39 is 0 Å². The van der Waals surface area contributed by atoms with Crippen molar-refractivity contribution >= 4 is 33.4 Å². The maximum atomic E-state index is 5.97. The molecule has 2 nitrogen and oxygen atoms in total. The highest BCUT2D eigenvalue weighted by Gasteiger charge is 2.22. The third-order valence-electron chi connectivity index (χ3n) is 3.39. The number of anilines is 1. The average Bonchev–Trinajstić information content (AvgIpc) is 2.87. The Morgan fingerprint density at radius 1 is 1.30 bits per heavy atom. The maximum Gasteiger partial charge on any atom is 0.123 e. The van der Waals surface area contributed by atoms with Crippen LogP contribution in [0.15, 0.2) is 51.8 Å². The van der Waals surface area contributed by atoms with E-state index in [1.54, 1.807) is 11.8 Å². The fourth-order valence-corrected chi connectivity index (χ4v) is 3.40. The second kappa shape index (κ2) is 6.10. The SMILES string of the molecule is CSc1ccccc1NCC1Cc2cc(Br)ccc2O1. The molecule has 4 heteroatoms. The Hall–Kier alpha value is -1.13. The van der Waals surface area contributed by atoms with Gasteiger partial charge in [0.25, 0.3) is 0 Å². The first kappa shape index (κ1) is 13.8. The van der Waals surface area contributed by atoms with Crippen molar-refractivity contribution in [3.63, 3.8) is 0 Å². The van der Waals surface area contributed by atoms with Gasteiger partial charge in [0.05, 0.1) is 6.54 Å². The van der Waals surface area contributed by atoms with E-state index in [2.05, 4.69) is 57.8 Å². The van der Waals surface area contributed by atoms with Gasteiger partial charge in [0.2, 0.25) is 0 Å². The number of nitrogens with one attached hydrogen (secondary N) is 1. The molecule has 104 valence electrons. The third kappa shape index (κ3) is 2.96. The van der Waals surface area contributed by atoms with Crippen molar-refractivity contribution in [2.24, 2.45) is 0 Å². The lowest BCUT2D eigenvalue weighted by Gasteiger charge is -2.14. The van der Waals surface area contributed by atoms with Crippen LogP contribution in [0.25, 0.3) is 0 Å². The Morgan fingerprint density at radius 2 is 2.15 bits per heavy atom. The van der Waals surface area contributed by atoms with E-state index in [4.69, 9.17) is 4.74 Å². The summed E-state index contributed by atoms with van der Waals surface area (Å²) in [5.74, 6) is 1.01. The minimum Gasteiger partial charge on any atom is -0.488 e. The molecule has 20 heavy (non-hydrogen) atoms. The molecule has 0 bridgehead atoms. The van der Waals surface area contributed by atoms with Gasteiger partial charge in [-0.25, -0.2) is 0 Å². The molecule has 0 aromatic heterocycles. The van der Waals surface area contributed by atoms with Crippen molar-refractivity contribution in [2.45, 2.75) is 17.4 Å². The van der Waals surface area contributed by atoms with Gasteiger partial charge in [-0.15, -0.1) is 11.8 Å². The molecule has 0 saturated heterocycles. The minimum atomic E-state index is 0.203. The van der Waals surface area contributed by atoms with Gasteiger partial charge in [0.1, 0.15) is 11.9 Å². The normalized spacial score (nSPS) is 16.6. The zero-order valence-electron chi connectivity index (χ0n) is 11.2. The predicted octanol–water partition coefficient (Wildman–Crippen LogP) is 4.59. The van der Waals surface area contributed by atoms with Gasteiger partial charge in [-0.2, -0.15) is 0 Å². The van der Waals surface area contributed by atoms with Crippen molar-refractivity contribution < 1.29 is 4.74 Å². The maximum absolute atomic E-state index is 5.97. The van der Waals surface area contributed by atoms with Gasteiger partial charge in [-0.3, -0.25) is 0 Å². The first-order valence-electron chi connectivity index (χ1n) is 6.58. The van der Waals surface area contributed by atoms with Crippen LogP contribution in [0.3, 0.4) is 0 Å². The van der Waals surface area contributed by atoms with Crippen LogP contribution in [0.4, 0.5) is 5.69 Å². The molecular formula is C16H16BrNOS. The molecule has 1 unspecified atom stereocenters. The van der Waals surface area contributed by atoms with Crippen molar-refractivity contribution in [2.75, 3.05) is 18.1 Å². The second-order valence-electron chi connectivity index (χ2n) is 4.78. The Kier molecular flexibility index (Phi) is 4.22. The number of hydrogen-bond donors (Lipinski definition) is 1. The van der Waals surface area contributed by atoms with Crippen molar-refractivity contribution in [3.8, 4) is 5.75 Å². The van der Waals surface area contributed by atoms with Gasteiger partial charge in [-0.05, 0) is 42.2 Å². The van der Waals surface area contributed by atoms with E-state index in [9.17, 15) is 0 Å². The third-order valence-corrected chi connectivity index (χ3v) is 4.68. The molecule has 1 N–H and O–H groups in total. The van der Waals surface area contributed by atoms with Gasteiger partial charge in [0.15, 0.2) is 0 Å². The number of benzene rings is 2. The summed E-state index contributed by atoms with van der Waals surface area (Å²) in [5.41, 5.74) is 2.46. The highest BCUT2D eigenvalue weighted by molar-refractivity contribution is 9.10. The Balaban J connectivity index is 1.64. The lowest BCUT2D eigenvalue weighted by atomic mass is 10.1. The molecule has 1 aliphatic heterocycles. The van der Waals surface area contributed by atoms with Crippen LogP contribution >= 0.6 is 27.7 Å². The molecule has 0 aliphatic carbocycles. The Labute approximate surface area is 132 Å². The fraction of sp³-hybridized carbons (Fsp3) is 0.250. The molecule has 3 rings (SSSR count). The van der Waals surface area contributed by atoms with Gasteiger partial charge in [0, 0.05) is 21.5 Å². The smallest absolute Gasteiger partial charge is 0.123 e. The highest BCUT2D eigenvalue weighted by Crippen LogP contribution is 2.32. The molecule has 2 aromatic rings. The number of thioether (sulfide) groups is 1. The number of halogens is 1. The largest absolute Gasteiger partial charge is 0.488 e. The summed E-state index contributed by atoms with van der Waals surface area (Å²) >= 11 is 5.26. The monoisotopic (exact) mass is 349 g/mol. The summed E-state index contributed by atoms with van der Waals surface area (Å²) in [5, 5.41) is 3.50. The zero-order chi connectivity index (χ0) is 13.9. The van der Waals surface area contributed by atoms with Crippen LogP contribution in [0.2, 0.25) is 0 Å². The summed E-state index contributed by atoms with van der Waals surface area (Å²) in [6.07, 6.45) is 3.26. The molecule has 0 amide bonds. The quantitative estimate of drug-likeness (QED) is 0.815. The molecule has 0 fully saturated rings. The van der Waals surface area contributed by atoms with E-state index in [1.807, 2.05) is 12.1 Å². The Bertz CT molecular complexity index is 617. The predicted molar refractivity (Wildman–Crippen MR) is 89.0 cm³/mol. The minimum absolute atomic E-state index is 0.203. The van der Waals surface area contributed by atoms with E-state index in [-0.39, 0.29) is 6.10 Å². The topological polar surface area (TPSA) is 21.3 Å². The molecule has 1 heterocycles. The molecule has 0 saturated carbocycles. The van der Waals surface area contributed by atoms with E-state index in [0.29, 0.717) is 0 Å². The van der Waals surface area contributed by atoms with Crippen LogP contribution in [0, 0.1) is 0 Å². The summed E-state index contributed by atoms with van der Waals surface area (Å²) in [7, 11) is 0. The van der Waals surface area contributed by atoms with E-state index in [0.717, 1.165) is 23.2 Å². The molecule has 1 atom stereocenters. The second-order valence-corrected chi connectivity index (χ2v) is 6.54. The standard InChI is InChI=1S/C16H16BrNOS/c1-20-16-5-3-2-4-14(16)18-10-13-9-11-8-12(17)6-7-15(11)19-13/h2-8,13,18H,9-10H2,1H3. The number of fused-ring (bicyclic) bond motifs is 1. The zero-order valence-corrected chi connectivity index (χ0v) is 13.6.